The van der Waals surface area contributed by atoms with Crippen LogP contribution in [0, 0.1) is 5.92 Å². The summed E-state index contributed by atoms with van der Waals surface area (Å²) in [5.74, 6) is 3.07. The second kappa shape index (κ2) is 8.84. The van der Waals surface area contributed by atoms with Gasteiger partial charge in [-0.2, -0.15) is 0 Å². The van der Waals surface area contributed by atoms with Gasteiger partial charge in [0.25, 0.3) is 0 Å². The van der Waals surface area contributed by atoms with Crippen LogP contribution in [-0.2, 0) is 6.61 Å². The van der Waals surface area contributed by atoms with E-state index >= 15 is 0 Å². The summed E-state index contributed by atoms with van der Waals surface area (Å²) in [6.45, 7) is 4.75. The van der Waals surface area contributed by atoms with E-state index in [1.807, 2.05) is 24.3 Å². The highest BCUT2D eigenvalue weighted by Crippen LogP contribution is 2.49. The lowest BCUT2D eigenvalue weighted by atomic mass is 9.98. The number of hydrogen-bond acceptors (Lipinski definition) is 5. The standard InChI is InChI=1S/C23H30N2O3/c1-26-21-14-19(23(18-8-9-18)25-12-10-24-11-13-25)20(15-22(21)27-2)28-16-17-6-4-3-5-7-17/h3-7,14-15,18,23-24H,8-13,16H2,1-2H3/t23-/m1/s1. The predicted octanol–water partition coefficient (Wildman–Crippen LogP) is 3.64. The van der Waals surface area contributed by atoms with Crippen LogP contribution in [0.2, 0.25) is 0 Å². The number of methoxy groups -OCH3 is 2. The van der Waals surface area contributed by atoms with Crippen molar-refractivity contribution in [3.8, 4) is 17.2 Å². The van der Waals surface area contributed by atoms with Gasteiger partial charge in [-0.3, -0.25) is 4.90 Å². The molecule has 1 atom stereocenters. The molecule has 0 bridgehead atoms. The molecule has 5 nitrogen and oxygen atoms in total. The van der Waals surface area contributed by atoms with E-state index in [1.165, 1.54) is 18.4 Å². The normalized spacial score (nSPS) is 18.5. The van der Waals surface area contributed by atoms with Gasteiger partial charge in [-0.1, -0.05) is 30.3 Å². The molecular formula is C23H30N2O3. The summed E-state index contributed by atoms with van der Waals surface area (Å²) in [6.07, 6.45) is 2.56. The van der Waals surface area contributed by atoms with Crippen LogP contribution < -0.4 is 19.5 Å². The molecule has 0 radical (unpaired) electrons. The van der Waals surface area contributed by atoms with Gasteiger partial charge in [-0.05, 0) is 30.4 Å². The quantitative estimate of drug-likeness (QED) is 0.755. The Hall–Kier alpha value is -2.24. The molecule has 2 aliphatic rings. The number of rotatable bonds is 8. The molecule has 1 aliphatic heterocycles. The average molecular weight is 383 g/mol. The first kappa shape index (κ1) is 19.1. The zero-order valence-electron chi connectivity index (χ0n) is 16.8. The van der Waals surface area contributed by atoms with E-state index < -0.39 is 0 Å². The Morgan fingerprint density at radius 2 is 1.64 bits per heavy atom. The summed E-state index contributed by atoms with van der Waals surface area (Å²) < 4.78 is 17.5. The minimum absolute atomic E-state index is 0.368. The van der Waals surface area contributed by atoms with Crippen molar-refractivity contribution in [2.24, 2.45) is 5.92 Å². The summed E-state index contributed by atoms with van der Waals surface area (Å²) in [4.78, 5) is 2.60. The Morgan fingerprint density at radius 1 is 0.964 bits per heavy atom. The monoisotopic (exact) mass is 382 g/mol. The number of benzene rings is 2. The third-order valence-corrected chi connectivity index (χ3v) is 5.69. The van der Waals surface area contributed by atoms with Crippen LogP contribution in [0.15, 0.2) is 42.5 Å². The molecule has 0 amide bonds. The number of ether oxygens (including phenoxy) is 3. The van der Waals surface area contributed by atoms with Gasteiger partial charge in [-0.25, -0.2) is 0 Å². The molecule has 5 heteroatoms. The lowest BCUT2D eigenvalue weighted by molar-refractivity contribution is 0.151. The summed E-state index contributed by atoms with van der Waals surface area (Å²) in [5.41, 5.74) is 2.38. The first-order valence-electron chi connectivity index (χ1n) is 10.2. The molecule has 150 valence electrons. The minimum Gasteiger partial charge on any atom is -0.493 e. The molecule has 0 aromatic heterocycles. The Kier molecular flexibility index (Phi) is 6.03. The Bertz CT molecular complexity index is 771. The van der Waals surface area contributed by atoms with Crippen LogP contribution in [0.4, 0.5) is 0 Å². The van der Waals surface area contributed by atoms with Crippen molar-refractivity contribution >= 4 is 0 Å². The Balaban J connectivity index is 1.68. The fourth-order valence-corrected chi connectivity index (χ4v) is 4.09. The van der Waals surface area contributed by atoms with Crippen LogP contribution in [0.3, 0.4) is 0 Å². The SMILES string of the molecule is COc1cc(OCc2ccccc2)c([C@@H](C2CC2)N2CCNCC2)cc1OC. The van der Waals surface area contributed by atoms with Crippen molar-refractivity contribution in [1.82, 2.24) is 10.2 Å². The van der Waals surface area contributed by atoms with Crippen LogP contribution in [0.25, 0.3) is 0 Å². The van der Waals surface area contributed by atoms with Gasteiger partial charge < -0.3 is 19.5 Å². The van der Waals surface area contributed by atoms with Crippen molar-refractivity contribution < 1.29 is 14.2 Å². The summed E-state index contributed by atoms with van der Waals surface area (Å²) >= 11 is 0. The van der Waals surface area contributed by atoms with E-state index in [2.05, 4.69) is 28.4 Å². The first-order valence-corrected chi connectivity index (χ1v) is 10.2. The van der Waals surface area contributed by atoms with Crippen LogP contribution in [0.1, 0.15) is 30.0 Å². The van der Waals surface area contributed by atoms with Gasteiger partial charge in [-0.15, -0.1) is 0 Å². The van der Waals surface area contributed by atoms with Gasteiger partial charge >= 0.3 is 0 Å². The Labute approximate surface area is 167 Å². The van der Waals surface area contributed by atoms with E-state index in [0.717, 1.165) is 43.2 Å². The number of nitrogens with zero attached hydrogens (tertiary/aromatic N) is 1. The molecule has 1 saturated carbocycles. The zero-order valence-corrected chi connectivity index (χ0v) is 16.8. The van der Waals surface area contributed by atoms with Crippen molar-refractivity contribution in [1.29, 1.82) is 0 Å². The molecule has 1 aliphatic carbocycles. The van der Waals surface area contributed by atoms with Crippen molar-refractivity contribution in [3.05, 3.63) is 53.6 Å². The minimum atomic E-state index is 0.368. The van der Waals surface area contributed by atoms with Gasteiger partial charge in [0.2, 0.25) is 0 Å². The molecular weight excluding hydrogens is 352 g/mol. The highest BCUT2D eigenvalue weighted by Gasteiger charge is 2.39. The second-order valence-corrected chi connectivity index (χ2v) is 7.59. The number of nitrogens with one attached hydrogen (secondary N) is 1. The highest BCUT2D eigenvalue weighted by molar-refractivity contribution is 5.52. The molecule has 1 saturated heterocycles. The molecule has 2 aromatic rings. The van der Waals surface area contributed by atoms with Gasteiger partial charge in [0, 0.05) is 43.9 Å². The number of hydrogen-bond donors (Lipinski definition) is 1. The fourth-order valence-electron chi connectivity index (χ4n) is 4.09. The zero-order chi connectivity index (χ0) is 19.3. The second-order valence-electron chi connectivity index (χ2n) is 7.59. The number of piperazine rings is 1. The predicted molar refractivity (Wildman–Crippen MR) is 110 cm³/mol. The highest BCUT2D eigenvalue weighted by atomic mass is 16.5. The van der Waals surface area contributed by atoms with Crippen LogP contribution in [-0.4, -0.2) is 45.3 Å². The lowest BCUT2D eigenvalue weighted by Crippen LogP contribution is -2.45. The summed E-state index contributed by atoms with van der Waals surface area (Å²) in [6, 6.07) is 14.8. The first-order chi connectivity index (χ1) is 13.8. The average Bonchev–Trinajstić information content (AvgIpc) is 3.59. The fraction of sp³-hybridized carbons (Fsp3) is 0.478. The largest absolute Gasteiger partial charge is 0.493 e. The molecule has 2 aromatic carbocycles. The Morgan fingerprint density at radius 3 is 2.29 bits per heavy atom. The maximum Gasteiger partial charge on any atom is 0.164 e. The molecule has 28 heavy (non-hydrogen) atoms. The molecule has 2 fully saturated rings. The van der Waals surface area contributed by atoms with Gasteiger partial charge in [0.05, 0.1) is 14.2 Å². The van der Waals surface area contributed by atoms with Crippen molar-refractivity contribution in [2.75, 3.05) is 40.4 Å². The maximum atomic E-state index is 6.34. The third kappa shape index (κ3) is 4.26. The van der Waals surface area contributed by atoms with Crippen LogP contribution >= 0.6 is 0 Å². The van der Waals surface area contributed by atoms with Gasteiger partial charge in [0.1, 0.15) is 12.4 Å². The van der Waals surface area contributed by atoms with E-state index in [0.29, 0.717) is 24.3 Å². The van der Waals surface area contributed by atoms with Crippen molar-refractivity contribution in [2.45, 2.75) is 25.5 Å². The topological polar surface area (TPSA) is 43.0 Å². The molecule has 4 rings (SSSR count). The molecule has 0 spiro atoms. The van der Waals surface area contributed by atoms with Crippen molar-refractivity contribution in [3.63, 3.8) is 0 Å². The van der Waals surface area contributed by atoms with E-state index in [1.54, 1.807) is 14.2 Å². The molecule has 1 heterocycles. The molecule has 0 unspecified atom stereocenters. The lowest BCUT2D eigenvalue weighted by Gasteiger charge is -2.36. The molecule has 1 N–H and O–H groups in total. The summed E-state index contributed by atoms with van der Waals surface area (Å²) in [7, 11) is 3.37. The third-order valence-electron chi connectivity index (χ3n) is 5.69. The van der Waals surface area contributed by atoms with Gasteiger partial charge in [0.15, 0.2) is 11.5 Å². The van der Waals surface area contributed by atoms with E-state index in [9.17, 15) is 0 Å². The smallest absolute Gasteiger partial charge is 0.164 e. The van der Waals surface area contributed by atoms with E-state index in [4.69, 9.17) is 14.2 Å². The maximum absolute atomic E-state index is 6.34. The summed E-state index contributed by atoms with van der Waals surface area (Å²) in [5, 5.41) is 3.46. The van der Waals surface area contributed by atoms with E-state index in [-0.39, 0.29) is 0 Å². The van der Waals surface area contributed by atoms with Crippen LogP contribution in [0.5, 0.6) is 17.2 Å².